The number of carbonyl (C=O) groups excluding carboxylic acids is 3. The van der Waals surface area contributed by atoms with E-state index in [1.165, 1.54) is 24.3 Å². The summed E-state index contributed by atoms with van der Waals surface area (Å²) < 4.78 is 0. The van der Waals surface area contributed by atoms with E-state index in [4.69, 9.17) is 17.2 Å². The molecule has 12 N–H and O–H groups in total. The molecule has 4 unspecified atom stereocenters. The van der Waals surface area contributed by atoms with Gasteiger partial charge in [0.1, 0.15) is 23.9 Å². The Morgan fingerprint density at radius 1 is 0.780 bits per heavy atom. The number of nitrogens with two attached hydrogens (primary N) is 3. The zero-order chi connectivity index (χ0) is 30.4. The first-order valence-electron chi connectivity index (χ1n) is 12.9. The fraction of sp³-hybridized carbons (Fsp3) is 0.370. The molecule has 0 aliphatic heterocycles. The van der Waals surface area contributed by atoms with Gasteiger partial charge in [-0.3, -0.25) is 19.4 Å². The molecule has 0 heterocycles. The number of aliphatic carboxylic acids is 1. The van der Waals surface area contributed by atoms with Crippen LogP contribution >= 0.6 is 0 Å². The summed E-state index contributed by atoms with van der Waals surface area (Å²) >= 11 is 0. The number of rotatable bonds is 16. The van der Waals surface area contributed by atoms with Crippen LogP contribution in [0, 0.1) is 0 Å². The van der Waals surface area contributed by atoms with E-state index in [1.54, 1.807) is 12.1 Å². The topological polar surface area (TPSA) is 255 Å². The molecule has 0 bridgehead atoms. The first kappa shape index (κ1) is 32.5. The van der Waals surface area contributed by atoms with Crippen molar-refractivity contribution in [1.29, 1.82) is 0 Å². The van der Waals surface area contributed by atoms with Crippen molar-refractivity contribution in [2.75, 3.05) is 13.2 Å². The van der Waals surface area contributed by atoms with Crippen LogP contribution in [0.4, 0.5) is 0 Å². The third kappa shape index (κ3) is 11.5. The lowest BCUT2D eigenvalue weighted by atomic mass is 10.0. The van der Waals surface area contributed by atoms with Crippen LogP contribution in [0.5, 0.6) is 5.75 Å². The van der Waals surface area contributed by atoms with E-state index in [-0.39, 0.29) is 43.9 Å². The molecule has 0 saturated carbocycles. The van der Waals surface area contributed by atoms with Crippen LogP contribution < -0.4 is 33.2 Å². The van der Waals surface area contributed by atoms with Crippen LogP contribution in [0.3, 0.4) is 0 Å². The van der Waals surface area contributed by atoms with Gasteiger partial charge in [-0.15, -0.1) is 0 Å². The van der Waals surface area contributed by atoms with Crippen molar-refractivity contribution in [3.63, 3.8) is 0 Å². The van der Waals surface area contributed by atoms with Gasteiger partial charge in [0, 0.05) is 13.0 Å². The number of guanidine groups is 1. The molecule has 3 amide bonds. The summed E-state index contributed by atoms with van der Waals surface area (Å²) in [7, 11) is 0. The zero-order valence-corrected chi connectivity index (χ0v) is 22.4. The minimum Gasteiger partial charge on any atom is -0.508 e. The van der Waals surface area contributed by atoms with Crippen LogP contribution in [-0.2, 0) is 32.0 Å². The highest BCUT2D eigenvalue weighted by Crippen LogP contribution is 2.12. The Balaban J connectivity index is 2.08. The Kier molecular flexibility index (Phi) is 13.0. The number of benzene rings is 2. The minimum absolute atomic E-state index is 0.00585. The van der Waals surface area contributed by atoms with E-state index in [0.717, 1.165) is 5.56 Å². The standard InChI is InChI=1S/C27H37N7O7/c28-19(13-16-5-2-1-3-6-16)23(37)32-20(7-4-12-31-27(29)30)24(38)34-22(15-35)25(39)33-21(26(40)41)14-17-8-10-18(36)11-9-17/h1-3,5-6,8-11,19-22,35-36H,4,7,12-15,28H2,(H,32,37)(H,33,39)(H,34,38)(H,40,41)(H4,29,30,31). The maximum atomic E-state index is 13.1. The highest BCUT2D eigenvalue weighted by Gasteiger charge is 2.30. The van der Waals surface area contributed by atoms with E-state index in [0.29, 0.717) is 5.56 Å². The Hall–Kier alpha value is -4.69. The molecule has 0 spiro atoms. The van der Waals surface area contributed by atoms with Gasteiger partial charge in [0.15, 0.2) is 5.96 Å². The third-order valence-electron chi connectivity index (χ3n) is 6.02. The molecule has 14 heteroatoms. The zero-order valence-electron chi connectivity index (χ0n) is 22.4. The summed E-state index contributed by atoms with van der Waals surface area (Å²) in [5.41, 5.74) is 18.1. The highest BCUT2D eigenvalue weighted by molar-refractivity contribution is 5.94. The van der Waals surface area contributed by atoms with E-state index in [2.05, 4.69) is 20.9 Å². The van der Waals surface area contributed by atoms with Crippen LogP contribution in [0.25, 0.3) is 0 Å². The number of aliphatic hydroxyl groups excluding tert-OH is 1. The summed E-state index contributed by atoms with van der Waals surface area (Å²) in [5.74, 6) is -3.84. The molecule has 0 aliphatic rings. The van der Waals surface area contributed by atoms with E-state index < -0.39 is 54.5 Å². The van der Waals surface area contributed by atoms with Crippen molar-refractivity contribution >= 4 is 29.7 Å². The number of aliphatic imine (C=N–C) groups is 1. The number of nitrogens with zero attached hydrogens (tertiary/aromatic N) is 1. The molecule has 0 aromatic heterocycles. The Morgan fingerprint density at radius 3 is 1.93 bits per heavy atom. The molecule has 41 heavy (non-hydrogen) atoms. The van der Waals surface area contributed by atoms with Gasteiger partial charge in [-0.05, 0) is 42.5 Å². The number of hydrogen-bond acceptors (Lipinski definition) is 8. The molecule has 2 rings (SSSR count). The Labute approximate surface area is 237 Å². The van der Waals surface area contributed by atoms with Gasteiger partial charge in [-0.2, -0.15) is 0 Å². The van der Waals surface area contributed by atoms with E-state index >= 15 is 0 Å². The fourth-order valence-corrected chi connectivity index (χ4v) is 3.82. The van der Waals surface area contributed by atoms with Gasteiger partial charge < -0.3 is 48.5 Å². The number of phenols is 1. The number of hydrogen-bond donors (Lipinski definition) is 9. The van der Waals surface area contributed by atoms with E-state index in [1.807, 2.05) is 18.2 Å². The lowest BCUT2D eigenvalue weighted by Gasteiger charge is -2.24. The van der Waals surface area contributed by atoms with Crippen LogP contribution in [-0.4, -0.2) is 82.3 Å². The largest absolute Gasteiger partial charge is 0.508 e. The Bertz CT molecular complexity index is 1190. The second-order valence-electron chi connectivity index (χ2n) is 9.32. The van der Waals surface area contributed by atoms with Crippen LogP contribution in [0.2, 0.25) is 0 Å². The smallest absolute Gasteiger partial charge is 0.326 e. The SMILES string of the molecule is NC(N)=NCCCC(NC(=O)C(N)Cc1ccccc1)C(=O)NC(CO)C(=O)NC(Cc1ccc(O)cc1)C(=O)O. The first-order chi connectivity index (χ1) is 19.5. The first-order valence-corrected chi connectivity index (χ1v) is 12.9. The molecular formula is C27H37N7O7. The van der Waals surface area contributed by atoms with Crippen LogP contribution in [0.1, 0.15) is 24.0 Å². The predicted molar refractivity (Wildman–Crippen MR) is 150 cm³/mol. The van der Waals surface area contributed by atoms with Gasteiger partial charge >= 0.3 is 5.97 Å². The number of carboxylic acids is 1. The monoisotopic (exact) mass is 571 g/mol. The van der Waals surface area contributed by atoms with Gasteiger partial charge in [0.2, 0.25) is 17.7 Å². The number of phenolic OH excluding ortho intramolecular Hbond substituents is 1. The second-order valence-corrected chi connectivity index (χ2v) is 9.32. The molecule has 14 nitrogen and oxygen atoms in total. The highest BCUT2D eigenvalue weighted by atomic mass is 16.4. The summed E-state index contributed by atoms with van der Waals surface area (Å²) in [6.07, 6.45) is 0.462. The molecule has 222 valence electrons. The fourth-order valence-electron chi connectivity index (χ4n) is 3.82. The van der Waals surface area contributed by atoms with Crippen molar-refractivity contribution in [2.24, 2.45) is 22.2 Å². The molecule has 4 atom stereocenters. The molecule has 0 radical (unpaired) electrons. The summed E-state index contributed by atoms with van der Waals surface area (Å²) in [6.45, 7) is -0.676. The maximum absolute atomic E-state index is 13.1. The molecule has 0 fully saturated rings. The number of carboxylic acid groups (broad SMARTS) is 1. The van der Waals surface area contributed by atoms with Gasteiger partial charge in [0.05, 0.1) is 12.6 Å². The van der Waals surface area contributed by atoms with Gasteiger partial charge in [-0.25, -0.2) is 4.79 Å². The molecular weight excluding hydrogens is 534 g/mol. The summed E-state index contributed by atoms with van der Waals surface area (Å²) in [6, 6.07) is 9.77. The lowest BCUT2D eigenvalue weighted by Crippen LogP contribution is -2.58. The normalized spacial score (nSPS) is 13.6. The van der Waals surface area contributed by atoms with Crippen molar-refractivity contribution in [2.45, 2.75) is 49.9 Å². The van der Waals surface area contributed by atoms with Gasteiger partial charge in [-0.1, -0.05) is 42.5 Å². The van der Waals surface area contributed by atoms with Gasteiger partial charge in [0.25, 0.3) is 0 Å². The molecule has 2 aromatic carbocycles. The second kappa shape index (κ2) is 16.4. The minimum atomic E-state index is -1.51. The Morgan fingerprint density at radius 2 is 1.34 bits per heavy atom. The summed E-state index contributed by atoms with van der Waals surface area (Å²) in [5, 5.41) is 36.0. The van der Waals surface area contributed by atoms with Crippen molar-refractivity contribution in [1.82, 2.24) is 16.0 Å². The molecule has 0 saturated heterocycles. The molecule has 2 aromatic rings. The quantitative estimate of drug-likeness (QED) is 0.0613. The lowest BCUT2D eigenvalue weighted by molar-refractivity contribution is -0.142. The average molecular weight is 572 g/mol. The summed E-state index contributed by atoms with van der Waals surface area (Å²) in [4.78, 5) is 54.4. The third-order valence-corrected chi connectivity index (χ3v) is 6.02. The number of nitrogens with one attached hydrogen (secondary N) is 3. The van der Waals surface area contributed by atoms with Crippen LogP contribution in [0.15, 0.2) is 59.6 Å². The van der Waals surface area contributed by atoms with Crippen molar-refractivity contribution < 1.29 is 34.5 Å². The average Bonchev–Trinajstić information content (AvgIpc) is 2.94. The number of carbonyl (C=O) groups is 4. The van der Waals surface area contributed by atoms with Crippen molar-refractivity contribution in [3.05, 3.63) is 65.7 Å². The maximum Gasteiger partial charge on any atom is 0.326 e. The van der Waals surface area contributed by atoms with E-state index in [9.17, 15) is 34.5 Å². The molecule has 0 aliphatic carbocycles. The number of aliphatic hydroxyl groups is 1. The number of aromatic hydroxyl groups is 1. The predicted octanol–water partition coefficient (Wildman–Crippen LogP) is -1.91. The number of amides is 3. The van der Waals surface area contributed by atoms with Crippen molar-refractivity contribution in [3.8, 4) is 5.75 Å².